The van der Waals surface area contributed by atoms with Gasteiger partial charge in [0.2, 0.25) is 11.5 Å². The zero-order valence-corrected chi connectivity index (χ0v) is 10.6. The minimum Gasteiger partial charge on any atom is -0.493 e. The molecule has 1 aromatic rings. The van der Waals surface area contributed by atoms with Gasteiger partial charge in [0, 0.05) is 0 Å². The quantitative estimate of drug-likeness (QED) is 0.456. The molecule has 0 spiro atoms. The Morgan fingerprint density at radius 1 is 1.45 bits per heavy atom. The van der Waals surface area contributed by atoms with Gasteiger partial charge in [-0.05, 0) is 6.07 Å². The van der Waals surface area contributed by atoms with Crippen molar-refractivity contribution in [1.82, 2.24) is 0 Å². The van der Waals surface area contributed by atoms with Gasteiger partial charge in [0.1, 0.15) is 1.37 Å². The Kier molecular flexibility index (Phi) is 4.48. The second-order valence-corrected chi connectivity index (χ2v) is 3.30. The van der Waals surface area contributed by atoms with Crippen LogP contribution in [0.1, 0.15) is 6.93 Å². The average molecular weight is 288 g/mol. The van der Waals surface area contributed by atoms with Crippen molar-refractivity contribution in [2.24, 2.45) is 0 Å². The van der Waals surface area contributed by atoms with Crippen LogP contribution in [-0.4, -0.2) is 19.1 Å². The number of benzene rings is 1. The lowest BCUT2D eigenvalue weighted by Crippen LogP contribution is -2.01. The molecular weight excluding hydrogens is 276 g/mol. The number of nitro benzene ring substituents is 1. The first kappa shape index (κ1) is 13.8. The SMILES string of the molecule is [2H]C(Oc1c(OC)cc(C=C)c([N+](=O)[O-])c1OC)=C(F)F. The molecule has 0 bridgehead atoms. The Morgan fingerprint density at radius 2 is 2.10 bits per heavy atom. The zero-order chi connectivity index (χ0) is 16.2. The van der Waals surface area contributed by atoms with E-state index in [2.05, 4.69) is 11.3 Å². The molecule has 0 heterocycles. The third-order valence-electron chi connectivity index (χ3n) is 2.26. The minimum atomic E-state index is -2.39. The first-order chi connectivity index (χ1) is 9.87. The molecule has 0 aliphatic rings. The van der Waals surface area contributed by atoms with Gasteiger partial charge in [-0.1, -0.05) is 12.7 Å². The van der Waals surface area contributed by atoms with Gasteiger partial charge in [0.05, 0.1) is 24.7 Å². The highest BCUT2D eigenvalue weighted by Crippen LogP contribution is 2.46. The first-order valence-corrected chi connectivity index (χ1v) is 5.12. The van der Waals surface area contributed by atoms with Crippen molar-refractivity contribution in [3.8, 4) is 17.2 Å². The average Bonchev–Trinajstić information content (AvgIpc) is 2.45. The molecule has 0 aliphatic heterocycles. The maximum atomic E-state index is 12.3. The Labute approximate surface area is 114 Å². The van der Waals surface area contributed by atoms with Crippen molar-refractivity contribution < 1.29 is 29.3 Å². The molecule has 1 aromatic carbocycles. The maximum Gasteiger partial charge on any atom is 0.322 e. The van der Waals surface area contributed by atoms with E-state index in [9.17, 15) is 18.9 Å². The number of hydrogen-bond acceptors (Lipinski definition) is 5. The van der Waals surface area contributed by atoms with Crippen molar-refractivity contribution in [2.45, 2.75) is 0 Å². The predicted octanol–water partition coefficient (Wildman–Crippen LogP) is 3.37. The van der Waals surface area contributed by atoms with E-state index in [0.717, 1.165) is 7.11 Å². The monoisotopic (exact) mass is 288 g/mol. The van der Waals surface area contributed by atoms with Crippen LogP contribution in [0.3, 0.4) is 0 Å². The van der Waals surface area contributed by atoms with Crippen LogP contribution < -0.4 is 14.2 Å². The van der Waals surface area contributed by atoms with E-state index in [-0.39, 0.29) is 11.3 Å². The zero-order valence-electron chi connectivity index (χ0n) is 11.6. The molecule has 1 rings (SSSR count). The molecular formula is C12H11F2NO5. The lowest BCUT2D eigenvalue weighted by Gasteiger charge is -2.13. The fourth-order valence-corrected chi connectivity index (χ4v) is 1.50. The molecule has 0 unspecified atom stereocenters. The third-order valence-corrected chi connectivity index (χ3v) is 2.26. The lowest BCUT2D eigenvalue weighted by atomic mass is 10.1. The highest BCUT2D eigenvalue weighted by molar-refractivity contribution is 5.74. The molecule has 0 aliphatic carbocycles. The molecule has 20 heavy (non-hydrogen) atoms. The summed E-state index contributed by atoms with van der Waals surface area (Å²) in [5, 5.41) is 11.1. The van der Waals surface area contributed by atoms with Crippen molar-refractivity contribution in [3.05, 3.63) is 40.6 Å². The summed E-state index contributed by atoms with van der Waals surface area (Å²) in [5.41, 5.74) is -0.479. The van der Waals surface area contributed by atoms with Crippen LogP contribution >= 0.6 is 0 Å². The lowest BCUT2D eigenvalue weighted by molar-refractivity contribution is -0.386. The van der Waals surface area contributed by atoms with Crippen LogP contribution in [0.4, 0.5) is 14.5 Å². The van der Waals surface area contributed by atoms with Crippen LogP contribution in [-0.2, 0) is 0 Å². The van der Waals surface area contributed by atoms with E-state index in [4.69, 9.17) is 10.8 Å². The molecule has 6 nitrogen and oxygen atoms in total. The number of ether oxygens (including phenoxy) is 3. The molecule has 0 saturated heterocycles. The predicted molar refractivity (Wildman–Crippen MR) is 67.2 cm³/mol. The van der Waals surface area contributed by atoms with Crippen molar-refractivity contribution in [3.63, 3.8) is 0 Å². The molecule has 8 heteroatoms. The van der Waals surface area contributed by atoms with Crippen LogP contribution in [0.2, 0.25) is 0 Å². The molecule has 0 radical (unpaired) electrons. The Morgan fingerprint density at radius 3 is 2.50 bits per heavy atom. The van der Waals surface area contributed by atoms with Gasteiger partial charge in [0.25, 0.3) is 0 Å². The fourth-order valence-electron chi connectivity index (χ4n) is 1.50. The number of nitro groups is 1. The van der Waals surface area contributed by atoms with Gasteiger partial charge in [-0.3, -0.25) is 10.1 Å². The first-order valence-electron chi connectivity index (χ1n) is 5.62. The topological polar surface area (TPSA) is 70.8 Å². The molecule has 0 atom stereocenters. The van der Waals surface area contributed by atoms with Gasteiger partial charge in [-0.2, -0.15) is 8.78 Å². The highest BCUT2D eigenvalue weighted by atomic mass is 19.3. The second-order valence-electron chi connectivity index (χ2n) is 3.30. The minimum absolute atomic E-state index is 0.0530. The molecule has 108 valence electrons. The smallest absolute Gasteiger partial charge is 0.322 e. The number of hydrogen-bond donors (Lipinski definition) is 0. The van der Waals surface area contributed by atoms with E-state index in [1.165, 1.54) is 19.3 Å². The van der Waals surface area contributed by atoms with E-state index in [1.807, 2.05) is 0 Å². The largest absolute Gasteiger partial charge is 0.493 e. The summed E-state index contributed by atoms with van der Waals surface area (Å²) in [5.74, 6) is -1.05. The van der Waals surface area contributed by atoms with E-state index >= 15 is 0 Å². The number of rotatable bonds is 6. The van der Waals surface area contributed by atoms with E-state index in [1.54, 1.807) is 0 Å². The van der Waals surface area contributed by atoms with Gasteiger partial charge in [-0.25, -0.2) is 0 Å². The second kappa shape index (κ2) is 6.50. The Hall–Kier alpha value is -2.64. The molecule has 0 aromatic heterocycles. The standard InChI is InChI=1S/C12H11F2NO5/c1-4-7-5-8(18-2)11(20-6-9(13)14)12(19-3)10(7)15(16)17/h4-6H,1H2,2-3H3/i6D. The summed E-state index contributed by atoms with van der Waals surface area (Å²) >= 11 is 0. The molecule has 0 amide bonds. The molecule has 0 fully saturated rings. The van der Waals surface area contributed by atoms with Gasteiger partial charge in [-0.15, -0.1) is 0 Å². The van der Waals surface area contributed by atoms with Crippen molar-refractivity contribution >= 4 is 11.8 Å². The summed E-state index contributed by atoms with van der Waals surface area (Å²) in [6, 6.07) is 1.17. The normalized spacial score (nSPS) is 10.3. The van der Waals surface area contributed by atoms with Crippen LogP contribution in [0.25, 0.3) is 6.08 Å². The highest BCUT2D eigenvalue weighted by Gasteiger charge is 2.28. The van der Waals surface area contributed by atoms with Gasteiger partial charge < -0.3 is 14.2 Å². The summed E-state index contributed by atoms with van der Waals surface area (Å²) in [6.45, 7) is 3.42. The van der Waals surface area contributed by atoms with Crippen molar-refractivity contribution in [1.29, 1.82) is 0 Å². The maximum absolute atomic E-state index is 12.3. The van der Waals surface area contributed by atoms with Gasteiger partial charge >= 0.3 is 11.8 Å². The van der Waals surface area contributed by atoms with E-state index < -0.39 is 34.4 Å². The van der Waals surface area contributed by atoms with E-state index in [0.29, 0.717) is 0 Å². The Balaban J connectivity index is 3.67. The Bertz CT molecular complexity index is 614. The summed E-state index contributed by atoms with van der Waals surface area (Å²) in [4.78, 5) is 10.3. The number of methoxy groups -OCH3 is 2. The number of halogens is 2. The van der Waals surface area contributed by atoms with Crippen LogP contribution in [0.15, 0.2) is 25.0 Å². The van der Waals surface area contributed by atoms with Crippen LogP contribution in [0, 0.1) is 10.1 Å². The molecule has 0 saturated carbocycles. The van der Waals surface area contributed by atoms with Crippen molar-refractivity contribution in [2.75, 3.05) is 14.2 Å². The third kappa shape index (κ3) is 3.02. The number of nitrogens with zero attached hydrogens (tertiary/aromatic N) is 1. The fraction of sp³-hybridized carbons (Fsp3) is 0.167. The van der Waals surface area contributed by atoms with Crippen LogP contribution in [0.5, 0.6) is 17.2 Å². The van der Waals surface area contributed by atoms with Gasteiger partial charge in [0.15, 0.2) is 12.0 Å². The molecule has 0 N–H and O–H groups in total. The summed E-state index contributed by atoms with van der Waals surface area (Å²) < 4.78 is 46.0. The summed E-state index contributed by atoms with van der Waals surface area (Å²) in [7, 11) is 2.31. The summed E-state index contributed by atoms with van der Waals surface area (Å²) in [6.07, 6.45) is -2.68.